The van der Waals surface area contributed by atoms with Gasteiger partial charge in [0.05, 0.1) is 0 Å². The van der Waals surface area contributed by atoms with Gasteiger partial charge >= 0.3 is 0 Å². The molecule has 3 radical (unpaired) electrons. The van der Waals surface area contributed by atoms with Crippen LogP contribution >= 0.6 is 0 Å². The molecule has 0 amide bonds. The van der Waals surface area contributed by atoms with Crippen molar-refractivity contribution in [3.05, 3.63) is 78.9 Å². The van der Waals surface area contributed by atoms with E-state index in [0.29, 0.717) is 5.75 Å². The highest BCUT2D eigenvalue weighted by Gasteiger charge is 2.09. The molecule has 0 bridgehead atoms. The van der Waals surface area contributed by atoms with E-state index < -0.39 is 0 Å². The second-order valence-corrected chi connectivity index (χ2v) is 4.43. The minimum absolute atomic E-state index is 0. The number of benzene rings is 3. The molecule has 0 aromatic heterocycles. The molecule has 1 nitrogen and oxygen atoms in total. The molecule has 20 heavy (non-hydrogen) atoms. The molecule has 0 aliphatic heterocycles. The second kappa shape index (κ2) is 6.11. The van der Waals surface area contributed by atoms with Crippen LogP contribution in [0.25, 0.3) is 22.3 Å². The zero-order chi connectivity index (χ0) is 13.1. The third-order valence-corrected chi connectivity index (χ3v) is 3.21. The summed E-state index contributed by atoms with van der Waals surface area (Å²) in [5.41, 5.74) is 3.78. The van der Waals surface area contributed by atoms with E-state index in [-0.39, 0.29) is 8.41 Å². The zero-order valence-electron chi connectivity index (χ0n) is 11.0. The van der Waals surface area contributed by atoms with Crippen LogP contribution < -0.4 is 0 Å². The molecule has 0 aliphatic carbocycles. The van der Waals surface area contributed by atoms with E-state index in [0.717, 1.165) is 22.3 Å². The molecular formula is C18H14BO. The van der Waals surface area contributed by atoms with Crippen LogP contribution in [-0.2, 0) is 0 Å². The normalized spacial score (nSPS) is 9.80. The standard InChI is InChI=1S/C18H14O.B/c19-18-16(14-8-3-1-4-9-14)12-7-13-17(18)15-10-5-2-6-11-15;/h1-13,19H;. The van der Waals surface area contributed by atoms with Gasteiger partial charge in [0, 0.05) is 19.5 Å². The summed E-state index contributed by atoms with van der Waals surface area (Å²) in [5, 5.41) is 10.5. The highest BCUT2D eigenvalue weighted by Crippen LogP contribution is 2.37. The fourth-order valence-corrected chi connectivity index (χ4v) is 2.24. The molecule has 0 fully saturated rings. The van der Waals surface area contributed by atoms with Gasteiger partial charge in [-0.05, 0) is 11.1 Å². The molecule has 0 aliphatic rings. The van der Waals surface area contributed by atoms with E-state index in [1.165, 1.54) is 0 Å². The Morgan fingerprint density at radius 1 is 0.500 bits per heavy atom. The lowest BCUT2D eigenvalue weighted by atomic mass is 9.97. The summed E-state index contributed by atoms with van der Waals surface area (Å²) >= 11 is 0. The Morgan fingerprint density at radius 2 is 0.900 bits per heavy atom. The van der Waals surface area contributed by atoms with Crippen molar-refractivity contribution in [2.24, 2.45) is 0 Å². The lowest BCUT2D eigenvalue weighted by molar-refractivity contribution is 0.479. The Kier molecular flexibility index (Phi) is 4.26. The number of rotatable bonds is 2. The molecule has 0 heterocycles. The summed E-state index contributed by atoms with van der Waals surface area (Å²) in [6, 6.07) is 25.7. The molecular weight excluding hydrogens is 243 g/mol. The van der Waals surface area contributed by atoms with Gasteiger partial charge in [-0.15, -0.1) is 0 Å². The van der Waals surface area contributed by atoms with Crippen LogP contribution in [0.4, 0.5) is 0 Å². The number of phenolic OH excluding ortho intramolecular Hbond substituents is 1. The van der Waals surface area contributed by atoms with Crippen LogP contribution in [0.2, 0.25) is 0 Å². The van der Waals surface area contributed by atoms with Crippen molar-refractivity contribution in [1.82, 2.24) is 0 Å². The van der Waals surface area contributed by atoms with E-state index in [4.69, 9.17) is 0 Å². The maximum Gasteiger partial charge on any atom is 0.131 e. The van der Waals surface area contributed by atoms with Gasteiger partial charge in [-0.3, -0.25) is 0 Å². The van der Waals surface area contributed by atoms with E-state index in [1.54, 1.807) is 0 Å². The van der Waals surface area contributed by atoms with Gasteiger partial charge in [-0.2, -0.15) is 0 Å². The van der Waals surface area contributed by atoms with Gasteiger partial charge in [-0.25, -0.2) is 0 Å². The fraction of sp³-hybridized carbons (Fsp3) is 0. The van der Waals surface area contributed by atoms with Gasteiger partial charge in [0.2, 0.25) is 0 Å². The Morgan fingerprint density at radius 3 is 1.30 bits per heavy atom. The summed E-state index contributed by atoms with van der Waals surface area (Å²) in [4.78, 5) is 0. The maximum absolute atomic E-state index is 10.5. The Labute approximate surface area is 121 Å². The van der Waals surface area contributed by atoms with Crippen LogP contribution in [0.1, 0.15) is 0 Å². The first-order chi connectivity index (χ1) is 9.36. The topological polar surface area (TPSA) is 20.2 Å². The van der Waals surface area contributed by atoms with Crippen molar-refractivity contribution in [3.63, 3.8) is 0 Å². The molecule has 0 atom stereocenters. The lowest BCUT2D eigenvalue weighted by Gasteiger charge is -2.10. The fourth-order valence-electron chi connectivity index (χ4n) is 2.24. The molecule has 3 rings (SSSR count). The summed E-state index contributed by atoms with van der Waals surface area (Å²) in [5.74, 6) is 0.333. The number of hydrogen-bond acceptors (Lipinski definition) is 1. The predicted octanol–water partition coefficient (Wildman–Crippen LogP) is 4.35. The van der Waals surface area contributed by atoms with Crippen molar-refractivity contribution < 1.29 is 5.11 Å². The monoisotopic (exact) mass is 257 g/mol. The Hall–Kier alpha value is -2.48. The van der Waals surface area contributed by atoms with Gasteiger partial charge < -0.3 is 5.11 Å². The van der Waals surface area contributed by atoms with Crippen LogP contribution in [0.5, 0.6) is 5.75 Å². The molecule has 3 aromatic rings. The first-order valence-electron chi connectivity index (χ1n) is 6.29. The van der Waals surface area contributed by atoms with E-state index in [9.17, 15) is 5.11 Å². The van der Waals surface area contributed by atoms with E-state index in [2.05, 4.69) is 0 Å². The molecule has 1 N–H and O–H groups in total. The zero-order valence-corrected chi connectivity index (χ0v) is 11.0. The lowest BCUT2D eigenvalue weighted by Crippen LogP contribution is -1.83. The maximum atomic E-state index is 10.5. The number of aromatic hydroxyl groups is 1. The van der Waals surface area contributed by atoms with Crippen molar-refractivity contribution >= 4 is 8.41 Å². The molecule has 95 valence electrons. The minimum atomic E-state index is 0. The van der Waals surface area contributed by atoms with Gasteiger partial charge in [0.25, 0.3) is 0 Å². The summed E-state index contributed by atoms with van der Waals surface area (Å²) in [6.45, 7) is 0. The largest absolute Gasteiger partial charge is 0.507 e. The van der Waals surface area contributed by atoms with Crippen molar-refractivity contribution in [2.45, 2.75) is 0 Å². The van der Waals surface area contributed by atoms with E-state index in [1.807, 2.05) is 78.9 Å². The van der Waals surface area contributed by atoms with Crippen LogP contribution in [0.3, 0.4) is 0 Å². The Balaban J connectivity index is 0.00000147. The first kappa shape index (κ1) is 13.9. The molecule has 0 saturated carbocycles. The molecule has 0 spiro atoms. The highest BCUT2D eigenvalue weighted by atomic mass is 16.3. The quantitative estimate of drug-likeness (QED) is 0.677. The summed E-state index contributed by atoms with van der Waals surface area (Å²) in [7, 11) is 0. The SMILES string of the molecule is Oc1c(-c2ccccc2)cccc1-c1ccccc1.[B]. The van der Waals surface area contributed by atoms with Crippen LogP contribution in [0.15, 0.2) is 78.9 Å². The average Bonchev–Trinajstić information content (AvgIpc) is 2.49. The van der Waals surface area contributed by atoms with Gasteiger partial charge in [0.15, 0.2) is 0 Å². The third-order valence-electron chi connectivity index (χ3n) is 3.21. The third kappa shape index (κ3) is 2.60. The summed E-state index contributed by atoms with van der Waals surface area (Å²) < 4.78 is 0. The molecule has 3 aromatic carbocycles. The van der Waals surface area contributed by atoms with E-state index >= 15 is 0 Å². The van der Waals surface area contributed by atoms with Crippen molar-refractivity contribution in [1.29, 1.82) is 0 Å². The molecule has 0 unspecified atom stereocenters. The predicted molar refractivity (Wildman–Crippen MR) is 84.7 cm³/mol. The smallest absolute Gasteiger partial charge is 0.131 e. The summed E-state index contributed by atoms with van der Waals surface area (Å²) in [6.07, 6.45) is 0. The Bertz CT molecular complexity index is 621. The highest BCUT2D eigenvalue weighted by molar-refractivity contribution is 5.81. The van der Waals surface area contributed by atoms with Gasteiger partial charge in [0.1, 0.15) is 5.75 Å². The molecule has 0 saturated heterocycles. The number of hydrogen-bond donors (Lipinski definition) is 1. The molecule has 2 heteroatoms. The number of para-hydroxylation sites is 1. The van der Waals surface area contributed by atoms with Crippen LogP contribution in [0, 0.1) is 0 Å². The van der Waals surface area contributed by atoms with Crippen LogP contribution in [-0.4, -0.2) is 13.5 Å². The second-order valence-electron chi connectivity index (χ2n) is 4.43. The average molecular weight is 257 g/mol. The van der Waals surface area contributed by atoms with Crippen molar-refractivity contribution in [3.8, 4) is 28.0 Å². The van der Waals surface area contributed by atoms with Crippen molar-refractivity contribution in [2.75, 3.05) is 0 Å². The number of phenols is 1. The minimum Gasteiger partial charge on any atom is -0.507 e. The van der Waals surface area contributed by atoms with Gasteiger partial charge in [-0.1, -0.05) is 78.9 Å². The first-order valence-corrected chi connectivity index (χ1v) is 6.29.